The third-order valence-electron chi connectivity index (χ3n) is 7.32. The fourth-order valence-electron chi connectivity index (χ4n) is 5.32. The first-order valence-corrected chi connectivity index (χ1v) is 13.0. The Balaban J connectivity index is 1.35. The molecule has 0 aliphatic carbocycles. The number of carbonyl (C=O) groups excluding carboxylic acids is 3. The molecule has 6 rings (SSSR count). The number of carbonyl (C=O) groups is 3. The minimum absolute atomic E-state index is 0.103. The summed E-state index contributed by atoms with van der Waals surface area (Å²) in [5, 5.41) is 2.82. The molecule has 0 radical (unpaired) electrons. The van der Waals surface area contributed by atoms with Crippen molar-refractivity contribution in [1.29, 1.82) is 0 Å². The van der Waals surface area contributed by atoms with Crippen LogP contribution in [-0.4, -0.2) is 24.7 Å². The monoisotopic (exact) mass is 572 g/mol. The van der Waals surface area contributed by atoms with Crippen LogP contribution in [0.3, 0.4) is 0 Å². The Morgan fingerprint density at radius 2 is 1.64 bits per heavy atom. The molecule has 0 bridgehead atoms. The van der Waals surface area contributed by atoms with Gasteiger partial charge in [-0.2, -0.15) is 13.2 Å². The summed E-state index contributed by atoms with van der Waals surface area (Å²) in [6, 6.07) is 21.9. The molecule has 7 nitrogen and oxygen atoms in total. The molecule has 2 amide bonds. The van der Waals surface area contributed by atoms with Crippen molar-refractivity contribution in [2.45, 2.75) is 25.2 Å². The van der Waals surface area contributed by atoms with Crippen LogP contribution in [0.1, 0.15) is 39.6 Å². The quantitative estimate of drug-likeness (QED) is 0.264. The largest absolute Gasteiger partial charge is 0.497 e. The number of fused-ring (bicyclic) bond motifs is 5. The Labute approximate surface area is 238 Å². The van der Waals surface area contributed by atoms with Crippen LogP contribution >= 0.6 is 0 Å². The first-order valence-electron chi connectivity index (χ1n) is 13.0. The highest BCUT2D eigenvalue weighted by atomic mass is 19.4. The Morgan fingerprint density at radius 1 is 0.929 bits per heavy atom. The zero-order valence-corrected chi connectivity index (χ0v) is 22.2. The lowest BCUT2D eigenvalue weighted by molar-refractivity contribution is -0.137. The highest BCUT2D eigenvalue weighted by Gasteiger charge is 2.43. The van der Waals surface area contributed by atoms with Crippen LogP contribution in [0.25, 0.3) is 11.1 Å². The highest BCUT2D eigenvalue weighted by Crippen LogP contribution is 2.49. The van der Waals surface area contributed by atoms with E-state index in [0.29, 0.717) is 45.1 Å². The first kappa shape index (κ1) is 27.1. The van der Waals surface area contributed by atoms with Gasteiger partial charge < -0.3 is 19.7 Å². The molecule has 0 aromatic heterocycles. The van der Waals surface area contributed by atoms with E-state index in [4.69, 9.17) is 9.47 Å². The van der Waals surface area contributed by atoms with Crippen molar-refractivity contribution >= 4 is 29.0 Å². The van der Waals surface area contributed by atoms with Gasteiger partial charge in [-0.3, -0.25) is 14.4 Å². The number of ketones is 1. The van der Waals surface area contributed by atoms with Gasteiger partial charge >= 0.3 is 6.18 Å². The molecule has 42 heavy (non-hydrogen) atoms. The van der Waals surface area contributed by atoms with Crippen molar-refractivity contribution < 1.29 is 37.0 Å². The van der Waals surface area contributed by atoms with Crippen molar-refractivity contribution in [3.63, 3.8) is 0 Å². The van der Waals surface area contributed by atoms with Crippen LogP contribution in [0, 0.1) is 0 Å². The molecule has 4 aromatic carbocycles. The normalized spacial score (nSPS) is 15.4. The fraction of sp³-hybridized carbons (Fsp3) is 0.156. The van der Waals surface area contributed by atoms with Crippen LogP contribution in [0.15, 0.2) is 84.9 Å². The number of hydrogen-bond donors (Lipinski definition) is 1. The predicted molar refractivity (Wildman–Crippen MR) is 148 cm³/mol. The van der Waals surface area contributed by atoms with Gasteiger partial charge in [0.1, 0.15) is 17.6 Å². The molecular weight excluding hydrogens is 549 g/mol. The summed E-state index contributed by atoms with van der Waals surface area (Å²) >= 11 is 0. The molecule has 2 aliphatic heterocycles. The summed E-state index contributed by atoms with van der Waals surface area (Å²) in [4.78, 5) is 41.0. The van der Waals surface area contributed by atoms with Gasteiger partial charge in [0.15, 0.2) is 0 Å². The summed E-state index contributed by atoms with van der Waals surface area (Å²) in [5.41, 5.74) is 2.39. The second-order valence-electron chi connectivity index (χ2n) is 9.92. The van der Waals surface area contributed by atoms with E-state index >= 15 is 0 Å². The van der Waals surface area contributed by atoms with Gasteiger partial charge in [-0.1, -0.05) is 36.4 Å². The van der Waals surface area contributed by atoms with Gasteiger partial charge in [0.05, 0.1) is 36.9 Å². The fourth-order valence-corrected chi connectivity index (χ4v) is 5.32. The van der Waals surface area contributed by atoms with Crippen LogP contribution < -0.4 is 19.7 Å². The van der Waals surface area contributed by atoms with Crippen LogP contribution in [-0.2, 0) is 22.3 Å². The summed E-state index contributed by atoms with van der Waals surface area (Å²) in [7, 11) is 1.54. The number of nitrogens with one attached hydrogen (secondary N) is 1. The molecule has 0 saturated heterocycles. The number of halogens is 3. The number of benzene rings is 4. The van der Waals surface area contributed by atoms with Crippen molar-refractivity contribution in [1.82, 2.24) is 0 Å². The standard InChI is InChI=1S/C32H23F3N2O5/c1-41-21-12-10-20(11-13-21)36-27(38)16-26-28-23(22-4-2-3-5-25(22)42-26)14-15-24-29(28)30(39)31(40)37(24)17-18-6-8-19(9-7-18)32(33,34)35/h2-15,26H,16-17H2,1H3,(H,36,38). The third-order valence-corrected chi connectivity index (χ3v) is 7.32. The van der Waals surface area contributed by atoms with Crippen LogP contribution in [0.5, 0.6) is 11.5 Å². The number of ether oxygens (including phenoxy) is 2. The van der Waals surface area contributed by atoms with E-state index < -0.39 is 29.5 Å². The predicted octanol–water partition coefficient (Wildman–Crippen LogP) is 6.57. The number of amides is 2. The molecule has 0 spiro atoms. The van der Waals surface area contributed by atoms with Gasteiger partial charge in [0.25, 0.3) is 11.7 Å². The van der Waals surface area contributed by atoms with E-state index in [-0.39, 0.29) is 24.4 Å². The van der Waals surface area contributed by atoms with E-state index in [2.05, 4.69) is 5.32 Å². The van der Waals surface area contributed by atoms with Crippen molar-refractivity contribution in [3.05, 3.63) is 107 Å². The Bertz CT molecular complexity index is 1720. The average Bonchev–Trinajstić information content (AvgIpc) is 3.22. The molecule has 0 saturated carbocycles. The van der Waals surface area contributed by atoms with E-state index in [1.807, 2.05) is 12.1 Å². The van der Waals surface area contributed by atoms with Gasteiger partial charge in [0, 0.05) is 16.8 Å². The lowest BCUT2D eigenvalue weighted by atomic mass is 9.86. The zero-order chi connectivity index (χ0) is 29.6. The van der Waals surface area contributed by atoms with Crippen molar-refractivity contribution in [2.24, 2.45) is 0 Å². The molecule has 10 heteroatoms. The lowest BCUT2D eigenvalue weighted by Gasteiger charge is -2.30. The summed E-state index contributed by atoms with van der Waals surface area (Å²) in [6.45, 7) is -0.103. The maximum atomic E-state index is 13.4. The second-order valence-corrected chi connectivity index (χ2v) is 9.92. The average molecular weight is 573 g/mol. The molecule has 2 heterocycles. The number of alkyl halides is 3. The van der Waals surface area contributed by atoms with Crippen LogP contribution in [0.4, 0.5) is 24.5 Å². The van der Waals surface area contributed by atoms with Gasteiger partial charge in [-0.05, 0) is 59.7 Å². The SMILES string of the molecule is COc1ccc(NC(=O)CC2Oc3ccccc3-c3ccc4c(c32)C(=O)C(=O)N4Cc2ccc(C(F)(F)F)cc2)cc1. The summed E-state index contributed by atoms with van der Waals surface area (Å²) < 4.78 is 50.5. The molecule has 1 N–H and O–H groups in total. The number of Topliss-reactive ketones (excluding diaryl/α,β-unsaturated/α-hetero) is 1. The number of anilines is 2. The number of para-hydroxylation sites is 1. The third kappa shape index (κ3) is 4.85. The molecule has 4 aromatic rings. The first-order chi connectivity index (χ1) is 20.1. The van der Waals surface area contributed by atoms with E-state index in [1.165, 1.54) is 17.0 Å². The van der Waals surface area contributed by atoms with E-state index in [1.54, 1.807) is 55.6 Å². The Kier molecular flexibility index (Phi) is 6.68. The van der Waals surface area contributed by atoms with Crippen molar-refractivity contribution in [2.75, 3.05) is 17.3 Å². The highest BCUT2D eigenvalue weighted by molar-refractivity contribution is 6.52. The maximum Gasteiger partial charge on any atom is 0.416 e. The minimum Gasteiger partial charge on any atom is -0.497 e. The maximum absolute atomic E-state index is 13.4. The molecular formula is C32H23F3N2O5. The Morgan fingerprint density at radius 3 is 2.33 bits per heavy atom. The van der Waals surface area contributed by atoms with Gasteiger partial charge in [-0.25, -0.2) is 0 Å². The van der Waals surface area contributed by atoms with Gasteiger partial charge in [0.2, 0.25) is 5.91 Å². The molecule has 2 aliphatic rings. The number of rotatable bonds is 6. The minimum atomic E-state index is -4.49. The topological polar surface area (TPSA) is 84.9 Å². The second kappa shape index (κ2) is 10.4. The summed E-state index contributed by atoms with van der Waals surface area (Å²) in [6.07, 6.45) is -5.52. The van der Waals surface area contributed by atoms with Crippen LogP contribution in [0.2, 0.25) is 0 Å². The zero-order valence-electron chi connectivity index (χ0n) is 22.2. The summed E-state index contributed by atoms with van der Waals surface area (Å²) in [5.74, 6) is -0.776. The number of hydrogen-bond acceptors (Lipinski definition) is 5. The van der Waals surface area contributed by atoms with Crippen molar-refractivity contribution in [3.8, 4) is 22.6 Å². The Hall–Kier alpha value is -5.12. The molecule has 1 unspecified atom stereocenters. The smallest absolute Gasteiger partial charge is 0.416 e. The molecule has 0 fully saturated rings. The van der Waals surface area contributed by atoms with E-state index in [9.17, 15) is 27.6 Å². The molecule has 1 atom stereocenters. The number of methoxy groups -OCH3 is 1. The van der Waals surface area contributed by atoms with Gasteiger partial charge in [-0.15, -0.1) is 0 Å². The molecule has 212 valence electrons. The number of nitrogens with zero attached hydrogens (tertiary/aromatic N) is 1. The van der Waals surface area contributed by atoms with E-state index in [0.717, 1.165) is 12.1 Å². The lowest BCUT2D eigenvalue weighted by Crippen LogP contribution is -2.29.